The first-order valence-corrected chi connectivity index (χ1v) is 6.46. The molecule has 0 radical (unpaired) electrons. The number of aryl methyl sites for hydroxylation is 1. The average molecular weight is 246 g/mol. The van der Waals surface area contributed by atoms with Crippen LogP contribution < -0.4 is 0 Å². The molecule has 1 unspecified atom stereocenters. The van der Waals surface area contributed by atoms with Gasteiger partial charge in [-0.15, -0.1) is 11.3 Å². The zero-order valence-electron chi connectivity index (χ0n) is 8.69. The van der Waals surface area contributed by atoms with Crippen LogP contribution in [0.1, 0.15) is 27.0 Å². The zero-order valence-corrected chi connectivity index (χ0v) is 10.3. The van der Waals surface area contributed by atoms with Crippen molar-refractivity contribution in [2.75, 3.05) is 6.61 Å². The lowest BCUT2D eigenvalue weighted by atomic mass is 10.3. The van der Waals surface area contributed by atoms with Crippen LogP contribution in [0, 0.1) is 6.92 Å². The molecule has 0 bridgehead atoms. The number of hydrogen-bond acceptors (Lipinski definition) is 4. The molecule has 0 saturated carbocycles. The predicted octanol–water partition coefficient (Wildman–Crippen LogP) is 2.37. The third kappa shape index (κ3) is 3.52. The van der Waals surface area contributed by atoms with Crippen LogP contribution in [0.4, 0.5) is 0 Å². The van der Waals surface area contributed by atoms with Crippen LogP contribution in [-0.4, -0.2) is 28.0 Å². The number of carbonyl (C=O) groups is 1. The first-order chi connectivity index (χ1) is 7.04. The quantitative estimate of drug-likeness (QED) is 0.837. The van der Waals surface area contributed by atoms with Gasteiger partial charge >= 0.3 is 5.97 Å². The van der Waals surface area contributed by atoms with E-state index in [0.717, 1.165) is 16.2 Å². The molecule has 0 amide bonds. The Bertz CT molecular complexity index is 346. The maximum Gasteiger partial charge on any atom is 0.345 e. The summed E-state index contributed by atoms with van der Waals surface area (Å²) in [5, 5.41) is 17.9. The van der Waals surface area contributed by atoms with Gasteiger partial charge < -0.3 is 10.2 Å². The number of carboxylic acids is 1. The lowest BCUT2D eigenvalue weighted by Crippen LogP contribution is -2.02. The molecule has 0 aromatic carbocycles. The van der Waals surface area contributed by atoms with Gasteiger partial charge in [0, 0.05) is 15.9 Å². The summed E-state index contributed by atoms with van der Waals surface area (Å²) in [7, 11) is 0. The molecule has 1 atom stereocenters. The molecule has 2 N–H and O–H groups in total. The highest BCUT2D eigenvalue weighted by atomic mass is 32.2. The number of aliphatic hydroxyl groups is 1. The van der Waals surface area contributed by atoms with E-state index in [2.05, 4.69) is 0 Å². The Morgan fingerprint density at radius 1 is 1.67 bits per heavy atom. The number of thiophene rings is 1. The molecule has 1 aromatic rings. The Labute approximate surface area is 97.1 Å². The van der Waals surface area contributed by atoms with E-state index in [9.17, 15) is 4.79 Å². The molecular weight excluding hydrogens is 232 g/mol. The number of carboxylic acid groups (broad SMARTS) is 1. The molecule has 0 fully saturated rings. The number of thioether (sulfide) groups is 1. The molecule has 0 aliphatic heterocycles. The van der Waals surface area contributed by atoms with Crippen molar-refractivity contribution in [3.05, 3.63) is 21.4 Å². The largest absolute Gasteiger partial charge is 0.477 e. The third-order valence-corrected chi connectivity index (χ3v) is 4.29. The highest BCUT2D eigenvalue weighted by Crippen LogP contribution is 2.26. The normalized spacial score (nSPS) is 12.7. The highest BCUT2D eigenvalue weighted by Gasteiger charge is 2.11. The molecule has 3 nitrogen and oxygen atoms in total. The molecule has 1 aromatic heterocycles. The summed E-state index contributed by atoms with van der Waals surface area (Å²) in [4.78, 5) is 12.2. The second kappa shape index (κ2) is 5.53. The number of aromatic carboxylic acids is 1. The van der Waals surface area contributed by atoms with Crippen molar-refractivity contribution in [1.82, 2.24) is 0 Å². The Morgan fingerprint density at radius 2 is 2.33 bits per heavy atom. The maximum absolute atomic E-state index is 10.7. The predicted molar refractivity (Wildman–Crippen MR) is 63.9 cm³/mol. The van der Waals surface area contributed by atoms with Crippen LogP contribution in [0.15, 0.2) is 6.07 Å². The van der Waals surface area contributed by atoms with Crippen molar-refractivity contribution in [2.24, 2.45) is 0 Å². The van der Waals surface area contributed by atoms with Crippen molar-refractivity contribution in [2.45, 2.75) is 24.9 Å². The summed E-state index contributed by atoms with van der Waals surface area (Å²) in [6.07, 6.45) is 0. The molecule has 1 rings (SSSR count). The molecule has 84 valence electrons. The summed E-state index contributed by atoms with van der Waals surface area (Å²) in [6.45, 7) is 4.03. The van der Waals surface area contributed by atoms with Crippen LogP contribution in [0.25, 0.3) is 0 Å². The minimum absolute atomic E-state index is 0.152. The second-order valence-corrected chi connectivity index (χ2v) is 5.98. The van der Waals surface area contributed by atoms with Gasteiger partial charge in [0.05, 0.1) is 6.61 Å². The standard InChI is InChI=1S/C10H14O3S2/c1-6(4-11)14-5-8-3-9(10(12)13)15-7(8)2/h3,6,11H,4-5H2,1-2H3,(H,12,13). The summed E-state index contributed by atoms with van der Waals surface area (Å²) in [5.41, 5.74) is 1.06. The number of hydrogen-bond donors (Lipinski definition) is 2. The van der Waals surface area contributed by atoms with Gasteiger partial charge in [0.25, 0.3) is 0 Å². The molecule has 0 spiro atoms. The average Bonchev–Trinajstić information content (AvgIpc) is 2.56. The van der Waals surface area contributed by atoms with Crippen LogP contribution in [0.2, 0.25) is 0 Å². The topological polar surface area (TPSA) is 57.5 Å². The number of rotatable bonds is 5. The minimum Gasteiger partial charge on any atom is -0.477 e. The Morgan fingerprint density at radius 3 is 2.80 bits per heavy atom. The zero-order chi connectivity index (χ0) is 11.4. The summed E-state index contributed by atoms with van der Waals surface area (Å²) >= 11 is 2.94. The smallest absolute Gasteiger partial charge is 0.345 e. The first kappa shape index (κ1) is 12.5. The lowest BCUT2D eigenvalue weighted by molar-refractivity contribution is 0.0702. The van der Waals surface area contributed by atoms with Crippen LogP contribution in [-0.2, 0) is 5.75 Å². The van der Waals surface area contributed by atoms with Gasteiger partial charge in [0.2, 0.25) is 0 Å². The fourth-order valence-corrected chi connectivity index (χ4v) is 2.89. The van der Waals surface area contributed by atoms with E-state index in [0.29, 0.717) is 4.88 Å². The monoisotopic (exact) mass is 246 g/mol. The van der Waals surface area contributed by atoms with Crippen molar-refractivity contribution < 1.29 is 15.0 Å². The first-order valence-electron chi connectivity index (χ1n) is 4.59. The lowest BCUT2D eigenvalue weighted by Gasteiger charge is -2.06. The Hall–Kier alpha value is -0.520. The van der Waals surface area contributed by atoms with Crippen LogP contribution >= 0.6 is 23.1 Å². The fraction of sp³-hybridized carbons (Fsp3) is 0.500. The van der Waals surface area contributed by atoms with Crippen molar-refractivity contribution >= 4 is 29.1 Å². The molecule has 5 heteroatoms. The summed E-state index contributed by atoms with van der Waals surface area (Å²) in [5.74, 6) is -0.105. The van der Waals surface area contributed by atoms with Crippen molar-refractivity contribution in [3.63, 3.8) is 0 Å². The molecule has 1 heterocycles. The van der Waals surface area contributed by atoms with E-state index < -0.39 is 5.97 Å². The van der Waals surface area contributed by atoms with Crippen LogP contribution in [0.5, 0.6) is 0 Å². The van der Waals surface area contributed by atoms with Crippen LogP contribution in [0.3, 0.4) is 0 Å². The van der Waals surface area contributed by atoms with Gasteiger partial charge in [-0.3, -0.25) is 0 Å². The van der Waals surface area contributed by atoms with Gasteiger partial charge in [-0.2, -0.15) is 11.8 Å². The van der Waals surface area contributed by atoms with Gasteiger partial charge in [-0.1, -0.05) is 6.92 Å². The van der Waals surface area contributed by atoms with E-state index >= 15 is 0 Å². The molecule has 15 heavy (non-hydrogen) atoms. The molecule has 0 aliphatic rings. The Kier molecular flexibility index (Phi) is 4.63. The van der Waals surface area contributed by atoms with E-state index in [1.807, 2.05) is 13.8 Å². The summed E-state index contributed by atoms with van der Waals surface area (Å²) in [6, 6.07) is 1.72. The van der Waals surface area contributed by atoms with Gasteiger partial charge in [-0.05, 0) is 18.6 Å². The van der Waals surface area contributed by atoms with E-state index in [1.54, 1.807) is 17.8 Å². The maximum atomic E-state index is 10.7. The fourth-order valence-electron chi connectivity index (χ4n) is 1.05. The summed E-state index contributed by atoms with van der Waals surface area (Å²) < 4.78 is 0. The molecule has 0 saturated heterocycles. The molecule has 0 aliphatic carbocycles. The van der Waals surface area contributed by atoms with Gasteiger partial charge in [-0.25, -0.2) is 4.79 Å². The number of aliphatic hydroxyl groups excluding tert-OH is 1. The van der Waals surface area contributed by atoms with Gasteiger partial charge in [0.1, 0.15) is 4.88 Å². The SMILES string of the molecule is Cc1sc(C(=O)O)cc1CSC(C)CO. The highest BCUT2D eigenvalue weighted by molar-refractivity contribution is 7.99. The van der Waals surface area contributed by atoms with Crippen molar-refractivity contribution in [1.29, 1.82) is 0 Å². The van der Waals surface area contributed by atoms with E-state index in [4.69, 9.17) is 10.2 Å². The van der Waals surface area contributed by atoms with Gasteiger partial charge in [0.15, 0.2) is 0 Å². The van der Waals surface area contributed by atoms with Crippen molar-refractivity contribution in [3.8, 4) is 0 Å². The van der Waals surface area contributed by atoms with E-state index in [1.165, 1.54) is 11.3 Å². The Balaban J connectivity index is 2.65. The third-order valence-electron chi connectivity index (χ3n) is 2.01. The molecular formula is C10H14O3S2. The minimum atomic E-state index is -0.866. The van der Waals surface area contributed by atoms with E-state index in [-0.39, 0.29) is 11.9 Å². The second-order valence-electron chi connectivity index (χ2n) is 3.30.